The Hall–Kier alpha value is -0.0400. The summed E-state index contributed by atoms with van der Waals surface area (Å²) in [7, 11) is 2.16. The molecule has 0 amide bonds. The first-order chi connectivity index (χ1) is 6.35. The maximum Gasteiger partial charge on any atom is 0.0121 e. The summed E-state index contributed by atoms with van der Waals surface area (Å²) in [6.07, 6.45) is 8.88. The highest BCUT2D eigenvalue weighted by Crippen LogP contribution is 2.43. The van der Waals surface area contributed by atoms with Crippen molar-refractivity contribution in [1.29, 1.82) is 0 Å². The second kappa shape index (κ2) is 4.00. The lowest BCUT2D eigenvalue weighted by Gasteiger charge is -2.45. The van der Waals surface area contributed by atoms with Gasteiger partial charge in [-0.2, -0.15) is 0 Å². The van der Waals surface area contributed by atoms with Crippen LogP contribution in [0.15, 0.2) is 0 Å². The molecular formula is C12H23N. The van der Waals surface area contributed by atoms with E-state index < -0.39 is 0 Å². The summed E-state index contributed by atoms with van der Waals surface area (Å²) in [6, 6.07) is 0.835. The molecule has 0 aliphatic heterocycles. The summed E-state index contributed by atoms with van der Waals surface area (Å²) in [5.74, 6) is 3.05. The van der Waals surface area contributed by atoms with Crippen LogP contribution in [0, 0.1) is 17.8 Å². The van der Waals surface area contributed by atoms with Crippen LogP contribution in [0.1, 0.15) is 45.4 Å². The Labute approximate surface area is 82.3 Å². The van der Waals surface area contributed by atoms with Crippen LogP contribution < -0.4 is 5.32 Å². The van der Waals surface area contributed by atoms with Gasteiger partial charge in [0.05, 0.1) is 0 Å². The van der Waals surface area contributed by atoms with Gasteiger partial charge in [0.1, 0.15) is 0 Å². The highest BCUT2D eigenvalue weighted by Gasteiger charge is 2.37. The lowest BCUT2D eigenvalue weighted by atomic mass is 9.64. The first kappa shape index (κ1) is 9.51. The maximum absolute atomic E-state index is 3.56. The fourth-order valence-electron chi connectivity index (χ4n) is 3.72. The summed E-state index contributed by atoms with van der Waals surface area (Å²) >= 11 is 0. The van der Waals surface area contributed by atoms with E-state index in [1.54, 1.807) is 0 Å². The zero-order chi connectivity index (χ0) is 9.26. The summed E-state index contributed by atoms with van der Waals surface area (Å²) in [4.78, 5) is 0. The van der Waals surface area contributed by atoms with Crippen molar-refractivity contribution in [3.63, 3.8) is 0 Å². The first-order valence-electron chi connectivity index (χ1n) is 6.02. The van der Waals surface area contributed by atoms with Crippen molar-refractivity contribution in [1.82, 2.24) is 5.32 Å². The fourth-order valence-corrected chi connectivity index (χ4v) is 3.72. The molecule has 0 saturated heterocycles. The largest absolute Gasteiger partial charge is 0.316 e. The lowest BCUT2D eigenvalue weighted by molar-refractivity contribution is 0.0909. The molecule has 2 bridgehead atoms. The molecular weight excluding hydrogens is 158 g/mol. The van der Waals surface area contributed by atoms with Gasteiger partial charge in [0.25, 0.3) is 0 Å². The second-order valence-electron chi connectivity index (χ2n) is 5.01. The Balaban J connectivity index is 2.05. The normalized spacial score (nSPS) is 44.8. The topological polar surface area (TPSA) is 12.0 Å². The van der Waals surface area contributed by atoms with Crippen molar-refractivity contribution < 1.29 is 0 Å². The van der Waals surface area contributed by atoms with Crippen LogP contribution in [-0.4, -0.2) is 13.1 Å². The molecule has 13 heavy (non-hydrogen) atoms. The molecule has 0 aromatic carbocycles. The Morgan fingerprint density at radius 2 is 2.08 bits per heavy atom. The number of hydrogen-bond donors (Lipinski definition) is 1. The maximum atomic E-state index is 3.56. The van der Waals surface area contributed by atoms with E-state index in [-0.39, 0.29) is 0 Å². The van der Waals surface area contributed by atoms with Crippen LogP contribution in [0.25, 0.3) is 0 Å². The molecule has 0 radical (unpaired) electrons. The number of rotatable bonds is 2. The quantitative estimate of drug-likeness (QED) is 0.690. The minimum Gasteiger partial charge on any atom is -0.316 e. The minimum atomic E-state index is 0.835. The number of fused-ring (bicyclic) bond motifs is 2. The van der Waals surface area contributed by atoms with E-state index in [0.29, 0.717) is 0 Å². The molecule has 2 aliphatic rings. The Kier molecular flexibility index (Phi) is 2.92. The van der Waals surface area contributed by atoms with E-state index >= 15 is 0 Å². The first-order valence-corrected chi connectivity index (χ1v) is 6.02. The van der Waals surface area contributed by atoms with Gasteiger partial charge in [0, 0.05) is 6.04 Å². The monoisotopic (exact) mass is 181 g/mol. The van der Waals surface area contributed by atoms with Gasteiger partial charge in [-0.15, -0.1) is 0 Å². The van der Waals surface area contributed by atoms with Crippen molar-refractivity contribution in [2.45, 2.75) is 51.5 Å². The zero-order valence-corrected chi connectivity index (χ0v) is 9.05. The van der Waals surface area contributed by atoms with Crippen LogP contribution in [-0.2, 0) is 0 Å². The predicted molar refractivity (Wildman–Crippen MR) is 56.7 cm³/mol. The zero-order valence-electron chi connectivity index (χ0n) is 9.05. The van der Waals surface area contributed by atoms with Crippen molar-refractivity contribution in [3.05, 3.63) is 0 Å². The van der Waals surface area contributed by atoms with Crippen molar-refractivity contribution in [2.24, 2.45) is 17.8 Å². The van der Waals surface area contributed by atoms with Gasteiger partial charge in [-0.25, -0.2) is 0 Å². The third kappa shape index (κ3) is 1.76. The van der Waals surface area contributed by atoms with Gasteiger partial charge in [0.2, 0.25) is 0 Å². The molecule has 1 N–H and O–H groups in total. The summed E-state index contributed by atoms with van der Waals surface area (Å²) < 4.78 is 0. The molecule has 2 aliphatic carbocycles. The Morgan fingerprint density at radius 3 is 2.77 bits per heavy atom. The molecule has 4 atom stereocenters. The predicted octanol–water partition coefficient (Wildman–Crippen LogP) is 2.81. The second-order valence-corrected chi connectivity index (χ2v) is 5.01. The minimum absolute atomic E-state index is 0.835. The van der Waals surface area contributed by atoms with E-state index in [1.807, 2.05) is 0 Å². The molecule has 0 aromatic heterocycles. The van der Waals surface area contributed by atoms with Gasteiger partial charge in [-0.3, -0.25) is 0 Å². The van der Waals surface area contributed by atoms with Crippen LogP contribution in [0.4, 0.5) is 0 Å². The van der Waals surface area contributed by atoms with Gasteiger partial charge in [-0.05, 0) is 44.1 Å². The van der Waals surface area contributed by atoms with E-state index in [4.69, 9.17) is 0 Å². The Morgan fingerprint density at radius 1 is 1.23 bits per heavy atom. The molecule has 0 aromatic rings. The summed E-state index contributed by atoms with van der Waals surface area (Å²) in [6.45, 7) is 2.36. The van der Waals surface area contributed by atoms with Crippen molar-refractivity contribution >= 4 is 0 Å². The van der Waals surface area contributed by atoms with Gasteiger partial charge in [0.15, 0.2) is 0 Å². The van der Waals surface area contributed by atoms with Crippen LogP contribution in [0.5, 0.6) is 0 Å². The molecule has 0 spiro atoms. The summed E-state index contributed by atoms with van der Waals surface area (Å²) in [5.41, 5.74) is 0. The average molecular weight is 181 g/mol. The van der Waals surface area contributed by atoms with Gasteiger partial charge >= 0.3 is 0 Å². The molecule has 2 saturated carbocycles. The van der Waals surface area contributed by atoms with Gasteiger partial charge in [-0.1, -0.05) is 26.2 Å². The SMILES string of the molecule is CCC1CC2CCCC(C2)C1NC. The highest BCUT2D eigenvalue weighted by atomic mass is 14.9. The van der Waals surface area contributed by atoms with E-state index in [1.165, 1.54) is 38.5 Å². The third-order valence-corrected chi connectivity index (χ3v) is 4.33. The molecule has 2 fully saturated rings. The smallest absolute Gasteiger partial charge is 0.0121 e. The summed E-state index contributed by atoms with van der Waals surface area (Å²) in [5, 5.41) is 3.56. The third-order valence-electron chi connectivity index (χ3n) is 4.33. The Bertz CT molecular complexity index is 165. The van der Waals surface area contributed by atoms with Crippen LogP contribution in [0.2, 0.25) is 0 Å². The molecule has 76 valence electrons. The lowest BCUT2D eigenvalue weighted by Crippen LogP contribution is -2.46. The van der Waals surface area contributed by atoms with Crippen LogP contribution in [0.3, 0.4) is 0 Å². The van der Waals surface area contributed by atoms with E-state index in [2.05, 4.69) is 19.3 Å². The van der Waals surface area contributed by atoms with E-state index in [0.717, 1.165) is 23.8 Å². The highest BCUT2D eigenvalue weighted by molar-refractivity contribution is 4.92. The number of nitrogens with one attached hydrogen (secondary N) is 1. The molecule has 0 heterocycles. The molecule has 1 nitrogen and oxygen atoms in total. The van der Waals surface area contributed by atoms with Crippen LogP contribution >= 0.6 is 0 Å². The molecule has 4 unspecified atom stereocenters. The van der Waals surface area contributed by atoms with Gasteiger partial charge < -0.3 is 5.32 Å². The molecule has 2 rings (SSSR count). The average Bonchev–Trinajstić information content (AvgIpc) is 2.17. The molecule has 1 heteroatoms. The fraction of sp³-hybridized carbons (Fsp3) is 1.00. The number of hydrogen-bond acceptors (Lipinski definition) is 1. The van der Waals surface area contributed by atoms with Crippen molar-refractivity contribution in [2.75, 3.05) is 7.05 Å². The van der Waals surface area contributed by atoms with Crippen molar-refractivity contribution in [3.8, 4) is 0 Å². The standard InChI is InChI=1S/C12H23N/c1-3-10-7-9-5-4-6-11(8-9)12(10)13-2/h9-13H,3-8H2,1-2H3. The van der Waals surface area contributed by atoms with E-state index in [9.17, 15) is 0 Å².